The molecule has 0 saturated carbocycles. The largest absolute Gasteiger partial charge is 0.476 e. The number of ether oxygens (including phenoxy) is 1. The molecule has 0 radical (unpaired) electrons. The molecule has 0 aromatic carbocycles. The standard InChI is InChI=1S/C21H25N5O4/c1-3-16-14(5-6-18-24-17(12-30-18)21(27)28)19(23-13-7-9-29-10-8-13)15-11-22-26(4-2)20(15)25-16/h5-6,11-13H,3-4,7-10H2,1-2H3,(H,23,25)(H,27,28)/b6-5+. The van der Waals surface area contributed by atoms with Crippen molar-refractivity contribution in [2.45, 2.75) is 45.7 Å². The van der Waals surface area contributed by atoms with E-state index in [9.17, 15) is 4.79 Å². The Morgan fingerprint density at radius 3 is 2.77 bits per heavy atom. The van der Waals surface area contributed by atoms with Crippen LogP contribution in [0.25, 0.3) is 23.2 Å². The lowest BCUT2D eigenvalue weighted by Gasteiger charge is -2.26. The number of aromatic carboxylic acids is 1. The number of carboxylic acids is 1. The number of fused-ring (bicyclic) bond motifs is 1. The van der Waals surface area contributed by atoms with Gasteiger partial charge in [-0.2, -0.15) is 5.10 Å². The first-order valence-electron chi connectivity index (χ1n) is 10.2. The van der Waals surface area contributed by atoms with E-state index in [-0.39, 0.29) is 11.6 Å². The molecular weight excluding hydrogens is 386 g/mol. The van der Waals surface area contributed by atoms with Crippen LogP contribution in [0.5, 0.6) is 0 Å². The topological polar surface area (TPSA) is 115 Å². The molecule has 1 aliphatic heterocycles. The van der Waals surface area contributed by atoms with E-state index in [1.165, 1.54) is 0 Å². The summed E-state index contributed by atoms with van der Waals surface area (Å²) in [6, 6.07) is 0.298. The summed E-state index contributed by atoms with van der Waals surface area (Å²) in [4.78, 5) is 19.9. The molecule has 1 fully saturated rings. The number of aromatic nitrogens is 4. The second-order valence-corrected chi connectivity index (χ2v) is 7.14. The number of oxazole rings is 1. The first-order valence-corrected chi connectivity index (χ1v) is 10.2. The van der Waals surface area contributed by atoms with Gasteiger partial charge in [-0.3, -0.25) is 0 Å². The van der Waals surface area contributed by atoms with Crippen LogP contribution < -0.4 is 5.32 Å². The van der Waals surface area contributed by atoms with Crippen LogP contribution in [-0.2, 0) is 17.7 Å². The van der Waals surface area contributed by atoms with E-state index in [4.69, 9.17) is 19.2 Å². The summed E-state index contributed by atoms with van der Waals surface area (Å²) in [6.45, 7) is 6.31. The zero-order valence-corrected chi connectivity index (χ0v) is 17.1. The molecule has 0 aliphatic carbocycles. The van der Waals surface area contributed by atoms with Crippen molar-refractivity contribution in [2.24, 2.45) is 0 Å². The highest BCUT2D eigenvalue weighted by molar-refractivity contribution is 5.96. The monoisotopic (exact) mass is 411 g/mol. The van der Waals surface area contributed by atoms with E-state index in [0.717, 1.165) is 73.3 Å². The van der Waals surface area contributed by atoms with Gasteiger partial charge in [0.25, 0.3) is 0 Å². The molecule has 2 N–H and O–H groups in total. The van der Waals surface area contributed by atoms with Crippen molar-refractivity contribution in [3.63, 3.8) is 0 Å². The van der Waals surface area contributed by atoms with Crippen molar-refractivity contribution in [2.75, 3.05) is 18.5 Å². The van der Waals surface area contributed by atoms with Gasteiger partial charge < -0.3 is 19.6 Å². The van der Waals surface area contributed by atoms with Crippen LogP contribution in [0.4, 0.5) is 5.69 Å². The van der Waals surface area contributed by atoms with Crippen molar-refractivity contribution in [3.8, 4) is 0 Å². The fourth-order valence-corrected chi connectivity index (χ4v) is 3.65. The molecule has 1 aliphatic rings. The second-order valence-electron chi connectivity index (χ2n) is 7.14. The van der Waals surface area contributed by atoms with E-state index in [1.54, 1.807) is 6.08 Å². The van der Waals surface area contributed by atoms with Gasteiger partial charge in [-0.15, -0.1) is 0 Å². The summed E-state index contributed by atoms with van der Waals surface area (Å²) in [5, 5.41) is 18.2. The van der Waals surface area contributed by atoms with Crippen LogP contribution in [0.3, 0.4) is 0 Å². The van der Waals surface area contributed by atoms with E-state index in [2.05, 4.69) is 22.3 Å². The van der Waals surface area contributed by atoms with Gasteiger partial charge in [0.1, 0.15) is 6.26 Å². The van der Waals surface area contributed by atoms with Gasteiger partial charge in [0, 0.05) is 37.4 Å². The number of carbonyl (C=O) groups is 1. The molecule has 158 valence electrons. The zero-order chi connectivity index (χ0) is 21.1. The van der Waals surface area contributed by atoms with Gasteiger partial charge >= 0.3 is 5.97 Å². The van der Waals surface area contributed by atoms with Crippen molar-refractivity contribution in [3.05, 3.63) is 35.3 Å². The summed E-state index contributed by atoms with van der Waals surface area (Å²) in [7, 11) is 0. The molecule has 9 nitrogen and oxygen atoms in total. The minimum Gasteiger partial charge on any atom is -0.476 e. The molecule has 30 heavy (non-hydrogen) atoms. The van der Waals surface area contributed by atoms with Crippen LogP contribution >= 0.6 is 0 Å². The number of rotatable bonds is 7. The number of aryl methyl sites for hydroxylation is 2. The van der Waals surface area contributed by atoms with Gasteiger partial charge in [-0.05, 0) is 32.3 Å². The summed E-state index contributed by atoms with van der Waals surface area (Å²) in [5.74, 6) is -0.889. The molecule has 3 aromatic heterocycles. The predicted molar refractivity (Wildman–Crippen MR) is 112 cm³/mol. The molecule has 0 bridgehead atoms. The van der Waals surface area contributed by atoms with Gasteiger partial charge in [-0.25, -0.2) is 19.4 Å². The number of nitrogens with one attached hydrogen (secondary N) is 1. The normalized spacial score (nSPS) is 15.3. The van der Waals surface area contributed by atoms with Crippen LogP contribution in [0.2, 0.25) is 0 Å². The molecule has 1 saturated heterocycles. The van der Waals surface area contributed by atoms with Gasteiger partial charge in [0.15, 0.2) is 11.3 Å². The minimum absolute atomic E-state index is 0.122. The Morgan fingerprint density at radius 2 is 2.10 bits per heavy atom. The molecule has 0 atom stereocenters. The number of hydrogen-bond donors (Lipinski definition) is 2. The molecule has 0 spiro atoms. The third-order valence-corrected chi connectivity index (χ3v) is 5.24. The van der Waals surface area contributed by atoms with Crippen molar-refractivity contribution >= 4 is 34.8 Å². The van der Waals surface area contributed by atoms with Crippen molar-refractivity contribution < 1.29 is 19.1 Å². The first kappa shape index (κ1) is 20.1. The number of carboxylic acid groups (broad SMARTS) is 1. The van der Waals surface area contributed by atoms with E-state index in [0.29, 0.717) is 6.04 Å². The quantitative estimate of drug-likeness (QED) is 0.607. The van der Waals surface area contributed by atoms with E-state index < -0.39 is 5.97 Å². The number of hydrogen-bond acceptors (Lipinski definition) is 7. The lowest BCUT2D eigenvalue weighted by Crippen LogP contribution is -2.28. The molecule has 3 aromatic rings. The fraction of sp³-hybridized carbons (Fsp3) is 0.429. The number of pyridine rings is 1. The Labute approximate surface area is 173 Å². The van der Waals surface area contributed by atoms with Crippen molar-refractivity contribution in [1.29, 1.82) is 0 Å². The Kier molecular flexibility index (Phi) is 5.80. The molecule has 0 unspecified atom stereocenters. The number of anilines is 1. The van der Waals surface area contributed by atoms with E-state index in [1.807, 2.05) is 23.9 Å². The fourth-order valence-electron chi connectivity index (χ4n) is 3.65. The van der Waals surface area contributed by atoms with Gasteiger partial charge in [0.2, 0.25) is 5.89 Å². The maximum Gasteiger partial charge on any atom is 0.357 e. The first-order chi connectivity index (χ1) is 14.6. The van der Waals surface area contributed by atoms with Crippen LogP contribution in [-0.4, -0.2) is 50.1 Å². The molecule has 4 heterocycles. The Bertz CT molecular complexity index is 1080. The lowest BCUT2D eigenvalue weighted by molar-refractivity contribution is 0.0690. The Balaban J connectivity index is 1.79. The third kappa shape index (κ3) is 3.93. The average Bonchev–Trinajstić information content (AvgIpc) is 3.40. The highest BCUT2D eigenvalue weighted by Crippen LogP contribution is 2.32. The lowest BCUT2D eigenvalue weighted by atomic mass is 10.0. The molecule has 9 heteroatoms. The molecule has 0 amide bonds. The van der Waals surface area contributed by atoms with Crippen LogP contribution in [0.1, 0.15) is 54.3 Å². The van der Waals surface area contributed by atoms with Crippen LogP contribution in [0.15, 0.2) is 16.9 Å². The maximum absolute atomic E-state index is 11.1. The maximum atomic E-state index is 11.1. The summed E-state index contributed by atoms with van der Waals surface area (Å²) in [6.07, 6.45) is 9.13. The smallest absolute Gasteiger partial charge is 0.357 e. The SMILES string of the molecule is CCc1nc2c(cnn2CC)c(NC2CCOCC2)c1/C=C/c1nc(C(=O)O)co1. The number of nitrogens with zero attached hydrogens (tertiary/aromatic N) is 4. The summed E-state index contributed by atoms with van der Waals surface area (Å²) >= 11 is 0. The molecule has 4 rings (SSSR count). The highest BCUT2D eigenvalue weighted by atomic mass is 16.5. The Hall–Kier alpha value is -3.20. The Morgan fingerprint density at radius 1 is 1.30 bits per heavy atom. The minimum atomic E-state index is -1.12. The summed E-state index contributed by atoms with van der Waals surface area (Å²) < 4.78 is 12.7. The second kappa shape index (κ2) is 8.66. The third-order valence-electron chi connectivity index (χ3n) is 5.24. The highest BCUT2D eigenvalue weighted by Gasteiger charge is 2.20. The van der Waals surface area contributed by atoms with Gasteiger partial charge in [0.05, 0.1) is 23.0 Å². The zero-order valence-electron chi connectivity index (χ0n) is 17.1. The van der Waals surface area contributed by atoms with Crippen molar-refractivity contribution in [1.82, 2.24) is 19.7 Å². The van der Waals surface area contributed by atoms with Crippen LogP contribution in [0, 0.1) is 0 Å². The average molecular weight is 411 g/mol. The predicted octanol–water partition coefficient (Wildman–Crippen LogP) is 3.46. The van der Waals surface area contributed by atoms with E-state index >= 15 is 0 Å². The van der Waals surface area contributed by atoms with Gasteiger partial charge in [-0.1, -0.05) is 6.92 Å². The summed E-state index contributed by atoms with van der Waals surface area (Å²) in [5.41, 5.74) is 3.56. The molecular formula is C21H25N5O4.